The Morgan fingerprint density at radius 3 is 2.60 bits per heavy atom. The fourth-order valence-electron chi connectivity index (χ4n) is 0.345. The monoisotopic (exact) mass is 142 g/mol. The van der Waals surface area contributed by atoms with Crippen molar-refractivity contribution in [3.63, 3.8) is 0 Å². The Bertz CT molecular complexity index is 168. The first-order valence-electron chi connectivity index (χ1n) is 2.86. The molecule has 0 saturated heterocycles. The smallest absolute Gasteiger partial charge is 0.331 e. The van der Waals surface area contributed by atoms with Crippen molar-refractivity contribution < 1.29 is 15.0 Å². The van der Waals surface area contributed by atoms with Gasteiger partial charge in [-0.05, 0) is 6.92 Å². The zero-order valence-electron chi connectivity index (χ0n) is 5.74. The summed E-state index contributed by atoms with van der Waals surface area (Å²) in [6, 6.07) is 0. The Morgan fingerprint density at radius 2 is 2.20 bits per heavy atom. The Hall–Kier alpha value is -1.09. The minimum Gasteiger partial charge on any atom is -0.478 e. The minimum atomic E-state index is -0.942. The lowest BCUT2D eigenvalue weighted by molar-refractivity contribution is -0.132. The van der Waals surface area contributed by atoms with Gasteiger partial charge in [-0.3, -0.25) is 0 Å². The maximum absolute atomic E-state index is 10.1. The van der Waals surface area contributed by atoms with Crippen LogP contribution >= 0.6 is 0 Å². The van der Waals surface area contributed by atoms with Crippen LogP contribution in [0.25, 0.3) is 0 Å². The van der Waals surface area contributed by atoms with Gasteiger partial charge in [0.1, 0.15) is 0 Å². The van der Waals surface area contributed by atoms with Gasteiger partial charge in [0.2, 0.25) is 0 Å². The van der Waals surface area contributed by atoms with Crippen LogP contribution in [0.1, 0.15) is 6.92 Å². The fourth-order valence-corrected chi connectivity index (χ4v) is 0.345. The van der Waals surface area contributed by atoms with Crippen LogP contribution in [-0.4, -0.2) is 22.8 Å². The lowest BCUT2D eigenvalue weighted by Gasteiger charge is -1.86. The molecule has 10 heavy (non-hydrogen) atoms. The SMILES string of the molecule is C/C(=C\C=C\CO)C(=O)O. The van der Waals surface area contributed by atoms with Gasteiger partial charge < -0.3 is 10.2 Å². The molecule has 0 rings (SSSR count). The van der Waals surface area contributed by atoms with E-state index in [9.17, 15) is 4.79 Å². The van der Waals surface area contributed by atoms with Gasteiger partial charge in [-0.1, -0.05) is 18.2 Å². The number of aliphatic hydroxyl groups excluding tert-OH is 1. The summed E-state index contributed by atoms with van der Waals surface area (Å²) in [6.07, 6.45) is 4.40. The van der Waals surface area contributed by atoms with Crippen molar-refractivity contribution in [1.29, 1.82) is 0 Å². The second-order valence-corrected chi connectivity index (χ2v) is 1.77. The van der Waals surface area contributed by atoms with Gasteiger partial charge in [0.25, 0.3) is 0 Å². The maximum atomic E-state index is 10.1. The number of allylic oxidation sites excluding steroid dienone is 2. The van der Waals surface area contributed by atoms with E-state index in [1.807, 2.05) is 0 Å². The summed E-state index contributed by atoms with van der Waals surface area (Å²) in [4.78, 5) is 10.1. The highest BCUT2D eigenvalue weighted by atomic mass is 16.4. The first kappa shape index (κ1) is 8.91. The molecule has 3 heteroatoms. The van der Waals surface area contributed by atoms with E-state index in [-0.39, 0.29) is 12.2 Å². The molecule has 3 nitrogen and oxygen atoms in total. The first-order valence-corrected chi connectivity index (χ1v) is 2.86. The average Bonchev–Trinajstić information content (AvgIpc) is 1.88. The van der Waals surface area contributed by atoms with Gasteiger partial charge in [0.15, 0.2) is 0 Å². The lowest BCUT2D eigenvalue weighted by Crippen LogP contribution is -1.94. The summed E-state index contributed by atoms with van der Waals surface area (Å²) in [7, 11) is 0. The molecule has 56 valence electrons. The van der Waals surface area contributed by atoms with Crippen LogP contribution in [0.3, 0.4) is 0 Å². The van der Waals surface area contributed by atoms with E-state index in [0.717, 1.165) is 0 Å². The summed E-state index contributed by atoms with van der Waals surface area (Å²) >= 11 is 0. The fraction of sp³-hybridized carbons (Fsp3) is 0.286. The topological polar surface area (TPSA) is 57.5 Å². The molecule has 0 saturated carbocycles. The number of aliphatic hydroxyl groups is 1. The molecule has 0 spiro atoms. The largest absolute Gasteiger partial charge is 0.478 e. The summed E-state index contributed by atoms with van der Waals surface area (Å²) < 4.78 is 0. The van der Waals surface area contributed by atoms with Crippen molar-refractivity contribution in [2.75, 3.05) is 6.61 Å². The van der Waals surface area contributed by atoms with E-state index in [0.29, 0.717) is 0 Å². The van der Waals surface area contributed by atoms with Crippen LogP contribution < -0.4 is 0 Å². The lowest BCUT2D eigenvalue weighted by atomic mass is 10.3. The second-order valence-electron chi connectivity index (χ2n) is 1.77. The summed E-state index contributed by atoms with van der Waals surface area (Å²) in [5, 5.41) is 16.6. The molecule has 0 aromatic heterocycles. The number of hydrogen-bond donors (Lipinski definition) is 2. The second kappa shape index (κ2) is 4.76. The Morgan fingerprint density at radius 1 is 1.60 bits per heavy atom. The van der Waals surface area contributed by atoms with E-state index < -0.39 is 5.97 Å². The van der Waals surface area contributed by atoms with Crippen molar-refractivity contribution in [3.05, 3.63) is 23.8 Å². The number of rotatable bonds is 3. The molecular formula is C7H10O3. The molecule has 0 aliphatic heterocycles. The first-order chi connectivity index (χ1) is 4.68. The van der Waals surface area contributed by atoms with E-state index in [1.54, 1.807) is 0 Å². The highest BCUT2D eigenvalue weighted by molar-refractivity contribution is 5.86. The summed E-state index contributed by atoms with van der Waals surface area (Å²) in [5.74, 6) is -0.942. The highest BCUT2D eigenvalue weighted by Gasteiger charge is 1.94. The average molecular weight is 142 g/mol. The van der Waals surface area contributed by atoms with Crippen LogP contribution in [0.2, 0.25) is 0 Å². The van der Waals surface area contributed by atoms with Gasteiger partial charge in [-0.25, -0.2) is 4.79 Å². The van der Waals surface area contributed by atoms with Crippen LogP contribution in [0, 0.1) is 0 Å². The molecule has 0 fully saturated rings. The Kier molecular flexibility index (Phi) is 4.24. The predicted octanol–water partition coefficient (Wildman–Crippen LogP) is 0.566. The third-order valence-corrected chi connectivity index (χ3v) is 0.925. The van der Waals surface area contributed by atoms with Crippen LogP contribution in [0.4, 0.5) is 0 Å². The maximum Gasteiger partial charge on any atom is 0.331 e. The third kappa shape index (κ3) is 3.86. The van der Waals surface area contributed by atoms with Gasteiger partial charge >= 0.3 is 5.97 Å². The number of carbonyl (C=O) groups is 1. The van der Waals surface area contributed by atoms with Crippen molar-refractivity contribution in [3.8, 4) is 0 Å². The summed E-state index contributed by atoms with van der Waals surface area (Å²) in [5.41, 5.74) is 0.254. The molecule has 0 unspecified atom stereocenters. The minimum absolute atomic E-state index is 0.0661. The van der Waals surface area contributed by atoms with Crippen LogP contribution in [0.5, 0.6) is 0 Å². The molecule has 0 bridgehead atoms. The molecular weight excluding hydrogens is 132 g/mol. The molecule has 0 aliphatic carbocycles. The molecule has 2 N–H and O–H groups in total. The molecule has 0 aromatic carbocycles. The zero-order chi connectivity index (χ0) is 7.98. The van der Waals surface area contributed by atoms with E-state index in [4.69, 9.17) is 10.2 Å². The van der Waals surface area contributed by atoms with Crippen molar-refractivity contribution in [2.45, 2.75) is 6.92 Å². The number of hydrogen-bond acceptors (Lipinski definition) is 2. The molecule has 0 aliphatic rings. The number of carboxylic acid groups (broad SMARTS) is 1. The zero-order valence-corrected chi connectivity index (χ0v) is 5.74. The van der Waals surface area contributed by atoms with Crippen LogP contribution in [-0.2, 0) is 4.79 Å². The van der Waals surface area contributed by atoms with Crippen molar-refractivity contribution >= 4 is 5.97 Å². The molecule has 0 atom stereocenters. The standard InChI is InChI=1S/C7H10O3/c1-6(7(9)10)4-2-3-5-8/h2-4,8H,5H2,1H3,(H,9,10)/b3-2+,6-4+. The van der Waals surface area contributed by atoms with Gasteiger partial charge in [-0.2, -0.15) is 0 Å². The normalized spacial score (nSPS) is 12.4. The van der Waals surface area contributed by atoms with Crippen molar-refractivity contribution in [2.24, 2.45) is 0 Å². The molecule has 0 heterocycles. The molecule has 0 aromatic rings. The quantitative estimate of drug-likeness (QED) is 0.447. The number of carboxylic acids is 1. The highest BCUT2D eigenvalue weighted by Crippen LogP contribution is 1.91. The van der Waals surface area contributed by atoms with Crippen molar-refractivity contribution in [1.82, 2.24) is 0 Å². The van der Waals surface area contributed by atoms with Gasteiger partial charge in [0.05, 0.1) is 6.61 Å². The molecule has 0 amide bonds. The third-order valence-electron chi connectivity index (χ3n) is 0.925. The number of aliphatic carboxylic acids is 1. The summed E-state index contributed by atoms with van der Waals surface area (Å²) in [6.45, 7) is 1.42. The Labute approximate surface area is 59.3 Å². The Balaban J connectivity index is 3.92. The van der Waals surface area contributed by atoms with E-state index in [1.165, 1.54) is 25.2 Å². The molecule has 0 radical (unpaired) electrons. The van der Waals surface area contributed by atoms with Gasteiger partial charge in [0, 0.05) is 5.57 Å². The predicted molar refractivity (Wildman–Crippen MR) is 37.6 cm³/mol. The van der Waals surface area contributed by atoms with E-state index in [2.05, 4.69) is 0 Å². The van der Waals surface area contributed by atoms with Gasteiger partial charge in [-0.15, -0.1) is 0 Å². The van der Waals surface area contributed by atoms with E-state index >= 15 is 0 Å². The van der Waals surface area contributed by atoms with Crippen LogP contribution in [0.15, 0.2) is 23.8 Å².